The van der Waals surface area contributed by atoms with Crippen LogP contribution < -0.4 is 10.2 Å². The Bertz CT molecular complexity index is 1030. The molecule has 2 aliphatic rings. The number of nitrogens with one attached hydrogen (secondary N) is 1. The highest BCUT2D eigenvalue weighted by Crippen LogP contribution is 2.38. The van der Waals surface area contributed by atoms with Crippen LogP contribution in [0.2, 0.25) is 0 Å². The van der Waals surface area contributed by atoms with E-state index in [9.17, 15) is 19.2 Å². The fraction of sp³-hybridized carbons (Fsp3) is 0.238. The molecule has 29 heavy (non-hydrogen) atoms. The molecule has 2 heterocycles. The minimum atomic E-state index is -0.450. The van der Waals surface area contributed by atoms with Crippen molar-refractivity contribution in [3.63, 3.8) is 0 Å². The molecular formula is C21H18N2O5S. The lowest BCUT2D eigenvalue weighted by Gasteiger charge is -2.14. The number of hydrogen-bond acceptors (Lipinski definition) is 6. The number of benzene rings is 1. The van der Waals surface area contributed by atoms with Crippen LogP contribution in [0.4, 0.5) is 10.7 Å². The first-order valence-corrected chi connectivity index (χ1v) is 10.0. The van der Waals surface area contributed by atoms with Crippen LogP contribution in [0, 0.1) is 0 Å². The second-order valence-electron chi connectivity index (χ2n) is 6.75. The zero-order valence-electron chi connectivity index (χ0n) is 15.7. The van der Waals surface area contributed by atoms with E-state index in [-0.39, 0.29) is 5.91 Å². The van der Waals surface area contributed by atoms with E-state index in [2.05, 4.69) is 5.32 Å². The minimum absolute atomic E-state index is 0.350. The summed E-state index contributed by atoms with van der Waals surface area (Å²) in [5.74, 6) is -1.66. The number of nitrogens with zero attached hydrogens (tertiary/aromatic N) is 1. The first kappa shape index (κ1) is 19.1. The van der Waals surface area contributed by atoms with Crippen molar-refractivity contribution in [2.24, 2.45) is 0 Å². The number of amides is 3. The molecule has 8 heteroatoms. The standard InChI is InChI=1S/C21H18N2O5S/c1-28-21(27)18-14-4-2-3-5-15(14)29-20(18)22-19(26)12-6-8-13(9-7-12)23-16(24)10-11-17(23)25/h6-11H,2-5H2,1H3,(H,22,26). The number of esters is 1. The van der Waals surface area contributed by atoms with Crippen LogP contribution in [0.3, 0.4) is 0 Å². The molecule has 7 nitrogen and oxygen atoms in total. The number of aryl methyl sites for hydroxylation is 1. The SMILES string of the molecule is COC(=O)c1c(NC(=O)c2ccc(N3C(=O)C=CC3=O)cc2)sc2c1CCCC2. The molecule has 0 atom stereocenters. The number of anilines is 2. The summed E-state index contributed by atoms with van der Waals surface area (Å²) in [5.41, 5.74) is 2.15. The molecule has 3 amide bonds. The summed E-state index contributed by atoms with van der Waals surface area (Å²) in [4.78, 5) is 50.7. The fourth-order valence-electron chi connectivity index (χ4n) is 3.56. The van der Waals surface area contributed by atoms with Gasteiger partial charge in [-0.25, -0.2) is 9.69 Å². The van der Waals surface area contributed by atoms with Gasteiger partial charge in [0.1, 0.15) is 5.00 Å². The third-order valence-corrected chi connectivity index (χ3v) is 6.19. The van der Waals surface area contributed by atoms with Gasteiger partial charge in [-0.05, 0) is 55.5 Å². The van der Waals surface area contributed by atoms with Crippen LogP contribution in [0.5, 0.6) is 0 Å². The number of fused-ring (bicyclic) bond motifs is 1. The van der Waals surface area contributed by atoms with E-state index in [0.717, 1.165) is 41.0 Å². The monoisotopic (exact) mass is 410 g/mol. The van der Waals surface area contributed by atoms with Gasteiger partial charge in [0.05, 0.1) is 18.4 Å². The Morgan fingerprint density at radius 1 is 1.03 bits per heavy atom. The summed E-state index contributed by atoms with van der Waals surface area (Å²) in [6.07, 6.45) is 6.16. The number of thiophene rings is 1. The van der Waals surface area contributed by atoms with Gasteiger partial charge in [-0.1, -0.05) is 0 Å². The van der Waals surface area contributed by atoms with Crippen LogP contribution in [-0.2, 0) is 27.2 Å². The number of ether oxygens (including phenoxy) is 1. The summed E-state index contributed by atoms with van der Waals surface area (Å²) < 4.78 is 4.92. The Kier molecular flexibility index (Phi) is 5.02. The molecule has 0 radical (unpaired) electrons. The summed E-state index contributed by atoms with van der Waals surface area (Å²) >= 11 is 1.41. The van der Waals surface area contributed by atoms with Gasteiger partial charge in [-0.3, -0.25) is 14.4 Å². The van der Waals surface area contributed by atoms with E-state index in [1.165, 1.54) is 42.7 Å². The second kappa shape index (κ2) is 7.63. The molecule has 1 aromatic carbocycles. The Hall–Kier alpha value is -3.26. The lowest BCUT2D eigenvalue weighted by Crippen LogP contribution is -2.29. The van der Waals surface area contributed by atoms with Crippen molar-refractivity contribution in [1.29, 1.82) is 0 Å². The number of hydrogen-bond donors (Lipinski definition) is 1. The maximum atomic E-state index is 12.7. The number of imide groups is 1. The highest BCUT2D eigenvalue weighted by atomic mass is 32.1. The summed E-state index contributed by atoms with van der Waals surface area (Å²) in [7, 11) is 1.33. The zero-order chi connectivity index (χ0) is 20.5. The van der Waals surface area contributed by atoms with Gasteiger partial charge in [0, 0.05) is 22.6 Å². The highest BCUT2D eigenvalue weighted by Gasteiger charge is 2.28. The van der Waals surface area contributed by atoms with Crippen molar-refractivity contribution in [2.75, 3.05) is 17.3 Å². The van der Waals surface area contributed by atoms with Crippen molar-refractivity contribution in [1.82, 2.24) is 0 Å². The zero-order valence-corrected chi connectivity index (χ0v) is 16.5. The van der Waals surface area contributed by atoms with Crippen LogP contribution in [0.15, 0.2) is 36.4 Å². The Labute approximate surface area is 171 Å². The maximum absolute atomic E-state index is 12.7. The minimum Gasteiger partial charge on any atom is -0.465 e. The van der Waals surface area contributed by atoms with Crippen LogP contribution in [0.1, 0.15) is 44.0 Å². The van der Waals surface area contributed by atoms with E-state index in [1.807, 2.05) is 0 Å². The molecule has 0 unspecified atom stereocenters. The largest absolute Gasteiger partial charge is 0.465 e. The maximum Gasteiger partial charge on any atom is 0.341 e. The molecule has 0 bridgehead atoms. The molecule has 1 aliphatic carbocycles. The van der Waals surface area contributed by atoms with Crippen molar-refractivity contribution in [3.05, 3.63) is 58.0 Å². The van der Waals surface area contributed by atoms with Gasteiger partial charge in [-0.2, -0.15) is 0 Å². The molecule has 1 aromatic heterocycles. The van der Waals surface area contributed by atoms with E-state index in [4.69, 9.17) is 4.74 Å². The predicted molar refractivity (Wildman–Crippen MR) is 108 cm³/mol. The van der Waals surface area contributed by atoms with Gasteiger partial charge in [0.2, 0.25) is 0 Å². The van der Waals surface area contributed by atoms with E-state index >= 15 is 0 Å². The van der Waals surface area contributed by atoms with Gasteiger partial charge >= 0.3 is 5.97 Å². The van der Waals surface area contributed by atoms with Gasteiger partial charge in [0.25, 0.3) is 17.7 Å². The van der Waals surface area contributed by atoms with Crippen molar-refractivity contribution in [2.45, 2.75) is 25.7 Å². The highest BCUT2D eigenvalue weighted by molar-refractivity contribution is 7.17. The number of rotatable bonds is 4. The quantitative estimate of drug-likeness (QED) is 0.618. The molecule has 1 N–H and O–H groups in total. The van der Waals surface area contributed by atoms with Crippen molar-refractivity contribution < 1.29 is 23.9 Å². The third-order valence-electron chi connectivity index (χ3n) is 4.98. The molecule has 0 saturated heterocycles. The molecular weight excluding hydrogens is 392 g/mol. The van der Waals surface area contributed by atoms with Crippen molar-refractivity contribution >= 4 is 45.7 Å². The average molecular weight is 410 g/mol. The van der Waals surface area contributed by atoms with Crippen LogP contribution in [0.25, 0.3) is 0 Å². The number of methoxy groups -OCH3 is 1. The molecule has 1 aliphatic heterocycles. The normalized spacial score (nSPS) is 15.4. The smallest absolute Gasteiger partial charge is 0.341 e. The van der Waals surface area contributed by atoms with Crippen LogP contribution >= 0.6 is 11.3 Å². The fourth-order valence-corrected chi connectivity index (χ4v) is 4.84. The molecule has 2 aromatic rings. The molecule has 0 spiro atoms. The lowest BCUT2D eigenvalue weighted by atomic mass is 9.95. The molecule has 148 valence electrons. The summed E-state index contributed by atoms with van der Waals surface area (Å²) in [6.45, 7) is 0. The molecule has 4 rings (SSSR count). The van der Waals surface area contributed by atoms with Crippen LogP contribution in [-0.4, -0.2) is 30.8 Å². The lowest BCUT2D eigenvalue weighted by molar-refractivity contribution is -0.119. The molecule has 0 fully saturated rings. The molecule has 0 saturated carbocycles. The number of carbonyl (C=O) groups is 4. The van der Waals surface area contributed by atoms with Gasteiger partial charge in [0.15, 0.2) is 0 Å². The Morgan fingerprint density at radius 2 is 1.69 bits per heavy atom. The average Bonchev–Trinajstić information content (AvgIpc) is 3.26. The Morgan fingerprint density at radius 3 is 2.34 bits per heavy atom. The van der Waals surface area contributed by atoms with E-state index < -0.39 is 17.8 Å². The summed E-state index contributed by atoms with van der Waals surface area (Å²) in [6, 6.07) is 6.15. The first-order chi connectivity index (χ1) is 14.0. The van der Waals surface area contributed by atoms with E-state index in [0.29, 0.717) is 21.8 Å². The summed E-state index contributed by atoms with van der Waals surface area (Å²) in [5, 5.41) is 3.32. The van der Waals surface area contributed by atoms with Gasteiger partial charge < -0.3 is 10.1 Å². The second-order valence-corrected chi connectivity index (χ2v) is 7.86. The van der Waals surface area contributed by atoms with E-state index in [1.54, 1.807) is 12.1 Å². The predicted octanol–water partition coefficient (Wildman–Crippen LogP) is 3.10. The number of carbonyl (C=O) groups excluding carboxylic acids is 4. The van der Waals surface area contributed by atoms with Gasteiger partial charge in [-0.15, -0.1) is 11.3 Å². The topological polar surface area (TPSA) is 92.8 Å². The van der Waals surface area contributed by atoms with Crippen molar-refractivity contribution in [3.8, 4) is 0 Å². The Balaban J connectivity index is 1.57. The first-order valence-electron chi connectivity index (χ1n) is 9.20. The third kappa shape index (κ3) is 3.47.